The maximum atomic E-state index is 10.6. The van der Waals surface area contributed by atoms with Gasteiger partial charge in [0.15, 0.2) is 5.82 Å². The number of rotatable bonds is 4. The number of aromatic carboxylic acids is 1. The smallest absolute Gasteiger partial charge is 0.166 e. The van der Waals surface area contributed by atoms with Gasteiger partial charge in [-0.25, -0.2) is 4.98 Å². The van der Waals surface area contributed by atoms with Crippen LogP contribution in [0.25, 0.3) is 0 Å². The second-order valence-corrected chi connectivity index (χ2v) is 5.04. The molecule has 2 aromatic rings. The fraction of sp³-hybridized carbons (Fsp3) is 0. The number of hydrazone groups is 1. The minimum absolute atomic E-state index is 0.0919. The van der Waals surface area contributed by atoms with Gasteiger partial charge >= 0.3 is 0 Å². The molecule has 2 rings (SSSR count). The van der Waals surface area contributed by atoms with Crippen LogP contribution >= 0.6 is 34.8 Å². The number of nitrogens with one attached hydrogen (secondary N) is 1. The molecule has 0 aliphatic rings. The summed E-state index contributed by atoms with van der Waals surface area (Å²) in [4.78, 5) is 14.5. The molecule has 0 atom stereocenters. The van der Waals surface area contributed by atoms with Gasteiger partial charge in [-0.15, -0.1) is 0 Å². The van der Waals surface area contributed by atoms with Crippen molar-refractivity contribution in [2.45, 2.75) is 0 Å². The Labute approximate surface area is 135 Å². The minimum atomic E-state index is -1.23. The molecule has 0 saturated carbocycles. The van der Waals surface area contributed by atoms with Crippen molar-refractivity contribution >= 4 is 52.8 Å². The lowest BCUT2D eigenvalue weighted by Crippen LogP contribution is -2.21. The van der Waals surface area contributed by atoms with E-state index in [4.69, 9.17) is 34.8 Å². The Morgan fingerprint density at radius 1 is 1.19 bits per heavy atom. The highest BCUT2D eigenvalue weighted by Gasteiger charge is 2.06. The maximum absolute atomic E-state index is 10.6. The number of carboxylic acid groups (broad SMARTS) is 1. The lowest BCUT2D eigenvalue weighted by atomic mass is 10.1. The molecule has 1 aromatic carbocycles. The molecule has 108 valence electrons. The van der Waals surface area contributed by atoms with Crippen LogP contribution in [0.2, 0.25) is 15.2 Å². The van der Waals surface area contributed by atoms with E-state index in [0.29, 0.717) is 5.56 Å². The first kappa shape index (κ1) is 15.6. The summed E-state index contributed by atoms with van der Waals surface area (Å²) in [5.74, 6) is -0.975. The van der Waals surface area contributed by atoms with Crippen molar-refractivity contribution in [2.75, 3.05) is 5.43 Å². The molecule has 8 heteroatoms. The monoisotopic (exact) mass is 342 g/mol. The number of pyridine rings is 1. The normalized spacial score (nSPS) is 10.8. The number of benzene rings is 1. The molecule has 21 heavy (non-hydrogen) atoms. The summed E-state index contributed by atoms with van der Waals surface area (Å²) < 4.78 is 0. The van der Waals surface area contributed by atoms with Crippen LogP contribution in [0.3, 0.4) is 0 Å². The van der Waals surface area contributed by atoms with Crippen LogP contribution in [0.4, 0.5) is 5.82 Å². The standard InChI is InChI=1S/C13H8Cl3N3O2/c14-9-5-10(15)12(18-11(9)16)19-17-6-7-1-3-8(4-2-7)13(20)21/h1-6H,(H,18,19)(H,20,21)/p-1/b17-6-. The number of hydrogen-bond donors (Lipinski definition) is 1. The Balaban J connectivity index is 2.09. The summed E-state index contributed by atoms with van der Waals surface area (Å²) in [6, 6.07) is 7.45. The minimum Gasteiger partial charge on any atom is -0.545 e. The van der Waals surface area contributed by atoms with Crippen molar-refractivity contribution in [3.63, 3.8) is 0 Å². The van der Waals surface area contributed by atoms with Crippen molar-refractivity contribution in [3.05, 3.63) is 56.7 Å². The number of carboxylic acids is 1. The first-order valence-electron chi connectivity index (χ1n) is 5.59. The zero-order valence-electron chi connectivity index (χ0n) is 10.3. The lowest BCUT2D eigenvalue weighted by molar-refractivity contribution is -0.255. The van der Waals surface area contributed by atoms with Crippen LogP contribution in [0.1, 0.15) is 15.9 Å². The van der Waals surface area contributed by atoms with E-state index >= 15 is 0 Å². The third-order valence-corrected chi connectivity index (χ3v) is 3.38. The van der Waals surface area contributed by atoms with E-state index in [1.165, 1.54) is 24.4 Å². The fourth-order valence-electron chi connectivity index (χ4n) is 1.40. The first-order chi connectivity index (χ1) is 9.97. The molecule has 5 nitrogen and oxygen atoms in total. The molecule has 0 saturated heterocycles. The number of hydrogen-bond acceptors (Lipinski definition) is 5. The van der Waals surface area contributed by atoms with Crippen LogP contribution in [0.5, 0.6) is 0 Å². The molecule has 0 amide bonds. The molecule has 0 aliphatic heterocycles. The topological polar surface area (TPSA) is 77.4 Å². The van der Waals surface area contributed by atoms with E-state index in [2.05, 4.69) is 15.5 Å². The van der Waals surface area contributed by atoms with Crippen LogP contribution in [-0.2, 0) is 0 Å². The third-order valence-electron chi connectivity index (χ3n) is 2.42. The van der Waals surface area contributed by atoms with Gasteiger partial charge in [0.25, 0.3) is 0 Å². The number of halogens is 3. The second-order valence-electron chi connectivity index (χ2n) is 3.87. The van der Waals surface area contributed by atoms with Gasteiger partial charge in [0.05, 0.1) is 22.2 Å². The largest absolute Gasteiger partial charge is 0.545 e. The Hall–Kier alpha value is -1.82. The van der Waals surface area contributed by atoms with Gasteiger partial charge in [-0.2, -0.15) is 5.10 Å². The number of nitrogens with zero attached hydrogens (tertiary/aromatic N) is 2. The van der Waals surface area contributed by atoms with E-state index in [1.807, 2.05) is 0 Å². The highest BCUT2D eigenvalue weighted by molar-refractivity contribution is 6.42. The Morgan fingerprint density at radius 2 is 1.86 bits per heavy atom. The Morgan fingerprint density at radius 3 is 2.48 bits per heavy atom. The van der Waals surface area contributed by atoms with Gasteiger partial charge in [-0.3, -0.25) is 5.43 Å². The average molecular weight is 344 g/mol. The van der Waals surface area contributed by atoms with Crippen molar-refractivity contribution in [2.24, 2.45) is 5.10 Å². The van der Waals surface area contributed by atoms with Crippen molar-refractivity contribution in [1.29, 1.82) is 0 Å². The molecular formula is C13H7Cl3N3O2-. The summed E-state index contributed by atoms with van der Waals surface area (Å²) in [6.45, 7) is 0. The van der Waals surface area contributed by atoms with Gasteiger partial charge in [-0.05, 0) is 17.2 Å². The summed E-state index contributed by atoms with van der Waals surface area (Å²) in [5, 5.41) is 15.2. The summed E-state index contributed by atoms with van der Waals surface area (Å²) in [6.07, 6.45) is 1.47. The zero-order valence-corrected chi connectivity index (χ0v) is 12.6. The second kappa shape index (κ2) is 6.76. The van der Waals surface area contributed by atoms with E-state index in [1.54, 1.807) is 12.1 Å². The quantitative estimate of drug-likeness (QED) is 0.526. The predicted molar refractivity (Wildman–Crippen MR) is 81.3 cm³/mol. The third kappa shape index (κ3) is 4.07. The highest BCUT2D eigenvalue weighted by atomic mass is 35.5. The van der Waals surface area contributed by atoms with Gasteiger partial charge in [0.1, 0.15) is 5.15 Å². The van der Waals surface area contributed by atoms with Crippen LogP contribution in [-0.4, -0.2) is 17.2 Å². The number of anilines is 1. The van der Waals surface area contributed by atoms with Gasteiger partial charge < -0.3 is 9.90 Å². The molecular weight excluding hydrogens is 337 g/mol. The predicted octanol–water partition coefficient (Wildman–Crippen LogP) is 2.85. The van der Waals surface area contributed by atoms with Crippen LogP contribution < -0.4 is 10.5 Å². The summed E-state index contributed by atoms with van der Waals surface area (Å²) >= 11 is 17.5. The zero-order chi connectivity index (χ0) is 15.4. The highest BCUT2D eigenvalue weighted by Crippen LogP contribution is 2.28. The molecule has 1 heterocycles. The van der Waals surface area contributed by atoms with E-state index < -0.39 is 5.97 Å². The van der Waals surface area contributed by atoms with Gasteiger partial charge in [0, 0.05) is 0 Å². The number of carbonyl (C=O) groups is 1. The van der Waals surface area contributed by atoms with Crippen LogP contribution in [0, 0.1) is 0 Å². The maximum Gasteiger partial charge on any atom is 0.166 e. The summed E-state index contributed by atoms with van der Waals surface area (Å²) in [5.41, 5.74) is 3.40. The van der Waals surface area contributed by atoms with E-state index in [-0.39, 0.29) is 26.6 Å². The molecule has 0 unspecified atom stereocenters. The van der Waals surface area contributed by atoms with Gasteiger partial charge in [-0.1, -0.05) is 59.1 Å². The number of carbonyl (C=O) groups excluding carboxylic acids is 1. The van der Waals surface area contributed by atoms with Crippen molar-refractivity contribution in [1.82, 2.24) is 4.98 Å². The molecule has 1 aromatic heterocycles. The van der Waals surface area contributed by atoms with E-state index in [9.17, 15) is 9.90 Å². The Bertz CT molecular complexity index is 703. The summed E-state index contributed by atoms with van der Waals surface area (Å²) in [7, 11) is 0. The van der Waals surface area contributed by atoms with E-state index in [0.717, 1.165) is 0 Å². The van der Waals surface area contributed by atoms with Crippen molar-refractivity contribution < 1.29 is 9.90 Å². The first-order valence-corrected chi connectivity index (χ1v) is 6.73. The van der Waals surface area contributed by atoms with Crippen LogP contribution in [0.15, 0.2) is 35.4 Å². The molecule has 0 radical (unpaired) electrons. The fourth-order valence-corrected chi connectivity index (χ4v) is 1.94. The molecule has 1 N–H and O–H groups in total. The lowest BCUT2D eigenvalue weighted by Gasteiger charge is -2.04. The number of aromatic nitrogens is 1. The molecule has 0 fully saturated rings. The average Bonchev–Trinajstić information content (AvgIpc) is 2.45. The molecule has 0 aliphatic carbocycles. The SMILES string of the molecule is O=C([O-])c1ccc(/C=N\Nc2nc(Cl)c(Cl)cc2Cl)cc1. The Kier molecular flexibility index (Phi) is 5.01. The van der Waals surface area contributed by atoms with Crippen molar-refractivity contribution in [3.8, 4) is 0 Å². The molecule has 0 spiro atoms. The molecule has 0 bridgehead atoms. The van der Waals surface area contributed by atoms with Gasteiger partial charge in [0.2, 0.25) is 0 Å².